The number of rotatable bonds is 5. The molecule has 0 saturated heterocycles. The fraction of sp³-hybridized carbons (Fsp3) is 0.385. The monoisotopic (exact) mass is 269 g/mol. The van der Waals surface area contributed by atoms with E-state index in [1.165, 1.54) is 19.2 Å². The number of ether oxygens (including phenoxy) is 2. The maximum atomic E-state index is 13.0. The maximum absolute atomic E-state index is 13.0. The third kappa shape index (κ3) is 3.41. The van der Waals surface area contributed by atoms with E-state index in [9.17, 15) is 13.6 Å². The molecule has 1 rings (SSSR count). The lowest BCUT2D eigenvalue weighted by atomic mass is 9.99. The van der Waals surface area contributed by atoms with E-state index in [2.05, 4.69) is 0 Å². The topological polar surface area (TPSA) is 59.3 Å². The highest BCUT2D eigenvalue weighted by molar-refractivity contribution is 5.74. The van der Waals surface area contributed by atoms with Gasteiger partial charge in [0, 0.05) is 0 Å². The summed E-state index contributed by atoms with van der Waals surface area (Å²) in [6, 6.07) is 4.43. The van der Waals surface area contributed by atoms with Gasteiger partial charge in [0.25, 0.3) is 6.43 Å². The minimum Gasteiger partial charge on any atom is -0.496 e. The second-order valence-electron chi connectivity index (χ2n) is 3.61. The zero-order chi connectivity index (χ0) is 14.4. The predicted octanol–water partition coefficient (Wildman–Crippen LogP) is 2.61. The van der Waals surface area contributed by atoms with Gasteiger partial charge < -0.3 is 9.47 Å². The van der Waals surface area contributed by atoms with Crippen LogP contribution in [0, 0.1) is 11.3 Å². The lowest BCUT2D eigenvalue weighted by Crippen LogP contribution is -2.10. The molecule has 6 heteroatoms. The number of nitriles is 1. The van der Waals surface area contributed by atoms with Gasteiger partial charge in [-0.15, -0.1) is 0 Å². The van der Waals surface area contributed by atoms with Gasteiger partial charge in [-0.1, -0.05) is 6.07 Å². The van der Waals surface area contributed by atoms with E-state index in [0.29, 0.717) is 0 Å². The number of esters is 1. The fourth-order valence-corrected chi connectivity index (χ4v) is 1.69. The van der Waals surface area contributed by atoms with Gasteiger partial charge in [0.2, 0.25) is 0 Å². The summed E-state index contributed by atoms with van der Waals surface area (Å²) in [5.74, 6) is -0.636. The van der Waals surface area contributed by atoms with Gasteiger partial charge in [-0.2, -0.15) is 5.26 Å². The number of carbonyl (C=O) groups is 1. The Balaban J connectivity index is 3.24. The molecular weight excluding hydrogens is 256 g/mol. The molecule has 0 aliphatic rings. The van der Waals surface area contributed by atoms with Crippen LogP contribution in [0.3, 0.4) is 0 Å². The zero-order valence-corrected chi connectivity index (χ0v) is 10.6. The smallest absolute Gasteiger partial charge is 0.310 e. The van der Waals surface area contributed by atoms with Crippen LogP contribution in [-0.4, -0.2) is 19.7 Å². The average Bonchev–Trinajstić information content (AvgIpc) is 2.38. The van der Waals surface area contributed by atoms with Gasteiger partial charge >= 0.3 is 5.97 Å². The number of alkyl halides is 2. The third-order valence-electron chi connectivity index (χ3n) is 2.48. The van der Waals surface area contributed by atoms with Crippen molar-refractivity contribution in [2.75, 3.05) is 13.7 Å². The van der Waals surface area contributed by atoms with E-state index in [1.54, 1.807) is 13.0 Å². The van der Waals surface area contributed by atoms with Crippen LogP contribution in [0.5, 0.6) is 5.75 Å². The van der Waals surface area contributed by atoms with E-state index in [0.717, 1.165) is 0 Å². The number of benzene rings is 1. The van der Waals surface area contributed by atoms with Gasteiger partial charge in [0.05, 0.1) is 31.3 Å². The van der Waals surface area contributed by atoms with Crippen LogP contribution in [0.25, 0.3) is 0 Å². The van der Waals surface area contributed by atoms with Crippen LogP contribution >= 0.6 is 0 Å². The molecule has 0 amide bonds. The Kier molecular flexibility index (Phi) is 5.24. The van der Waals surface area contributed by atoms with Crippen molar-refractivity contribution in [2.24, 2.45) is 0 Å². The molecule has 1 aromatic carbocycles. The molecule has 0 bridgehead atoms. The summed E-state index contributed by atoms with van der Waals surface area (Å²) < 4.78 is 35.5. The van der Waals surface area contributed by atoms with Crippen molar-refractivity contribution >= 4 is 5.97 Å². The molecule has 1 aromatic rings. The Bertz CT molecular complexity index is 509. The first-order valence-corrected chi connectivity index (χ1v) is 5.58. The highest BCUT2D eigenvalue weighted by atomic mass is 19.3. The number of nitrogens with zero attached hydrogens (tertiary/aromatic N) is 1. The fourth-order valence-electron chi connectivity index (χ4n) is 1.69. The van der Waals surface area contributed by atoms with Gasteiger partial charge in [0.15, 0.2) is 0 Å². The lowest BCUT2D eigenvalue weighted by molar-refractivity contribution is -0.142. The minimum atomic E-state index is -2.85. The van der Waals surface area contributed by atoms with Crippen molar-refractivity contribution in [1.82, 2.24) is 0 Å². The predicted molar refractivity (Wildman–Crippen MR) is 63.0 cm³/mol. The van der Waals surface area contributed by atoms with E-state index in [-0.39, 0.29) is 29.9 Å². The summed E-state index contributed by atoms with van der Waals surface area (Å²) in [6.45, 7) is 1.83. The van der Waals surface area contributed by atoms with Gasteiger partial charge in [-0.25, -0.2) is 8.78 Å². The van der Waals surface area contributed by atoms with Crippen LogP contribution in [-0.2, 0) is 16.0 Å². The summed E-state index contributed by atoms with van der Waals surface area (Å²) in [5, 5.41) is 9.02. The van der Waals surface area contributed by atoms with Crippen molar-refractivity contribution in [3.8, 4) is 11.8 Å². The summed E-state index contributed by atoms with van der Waals surface area (Å²) in [4.78, 5) is 11.4. The van der Waals surface area contributed by atoms with E-state index in [4.69, 9.17) is 14.7 Å². The Morgan fingerprint density at radius 2 is 2.16 bits per heavy atom. The number of carbonyl (C=O) groups excluding carboxylic acids is 1. The summed E-state index contributed by atoms with van der Waals surface area (Å²) in [7, 11) is 1.24. The highest BCUT2D eigenvalue weighted by Gasteiger charge is 2.23. The Morgan fingerprint density at radius 3 is 2.63 bits per heavy atom. The molecule has 0 aliphatic heterocycles. The molecule has 102 valence electrons. The Labute approximate surface area is 109 Å². The van der Waals surface area contributed by atoms with Gasteiger partial charge in [-0.3, -0.25) is 4.79 Å². The quantitative estimate of drug-likeness (QED) is 0.771. The first kappa shape index (κ1) is 14.9. The molecule has 0 radical (unpaired) electrons. The molecule has 19 heavy (non-hydrogen) atoms. The van der Waals surface area contributed by atoms with Gasteiger partial charge in [-0.05, 0) is 18.6 Å². The van der Waals surface area contributed by atoms with Crippen molar-refractivity contribution in [3.05, 3.63) is 28.8 Å². The van der Waals surface area contributed by atoms with Crippen LogP contribution in [0.1, 0.15) is 30.0 Å². The van der Waals surface area contributed by atoms with E-state index in [1.807, 2.05) is 0 Å². The van der Waals surface area contributed by atoms with E-state index < -0.39 is 18.0 Å². The molecule has 0 N–H and O–H groups in total. The molecular formula is C13H13F2NO3. The second-order valence-corrected chi connectivity index (χ2v) is 3.61. The van der Waals surface area contributed by atoms with Crippen molar-refractivity contribution in [1.29, 1.82) is 5.26 Å². The molecule has 0 spiro atoms. The standard InChI is InChI=1S/C13H13F2NO3/c1-3-19-11(17)6-8-4-5-10(18-2)12(13(14)15)9(8)7-16/h4-5,13H,3,6H2,1-2H3. The lowest BCUT2D eigenvalue weighted by Gasteiger charge is -2.12. The molecule has 0 unspecified atom stereocenters. The van der Waals surface area contributed by atoms with E-state index >= 15 is 0 Å². The molecule has 0 aliphatic carbocycles. The highest BCUT2D eigenvalue weighted by Crippen LogP contribution is 2.34. The Morgan fingerprint density at radius 1 is 1.47 bits per heavy atom. The van der Waals surface area contributed by atoms with Crippen molar-refractivity contribution < 1.29 is 23.0 Å². The summed E-state index contributed by atoms with van der Waals surface area (Å²) in [6.07, 6.45) is -3.08. The maximum Gasteiger partial charge on any atom is 0.310 e. The summed E-state index contributed by atoms with van der Waals surface area (Å²) in [5.41, 5.74) is -0.522. The molecule has 4 nitrogen and oxygen atoms in total. The van der Waals surface area contributed by atoms with Crippen LogP contribution < -0.4 is 4.74 Å². The number of methoxy groups -OCH3 is 1. The average molecular weight is 269 g/mol. The SMILES string of the molecule is CCOC(=O)Cc1ccc(OC)c(C(F)F)c1C#N. The summed E-state index contributed by atoms with van der Waals surface area (Å²) >= 11 is 0. The van der Waals surface area contributed by atoms with Gasteiger partial charge in [0.1, 0.15) is 11.8 Å². The minimum absolute atomic E-state index is 0.0702. The third-order valence-corrected chi connectivity index (χ3v) is 2.48. The molecule has 0 fully saturated rings. The Hall–Kier alpha value is -2.16. The van der Waals surface area contributed by atoms with Crippen LogP contribution in [0.15, 0.2) is 12.1 Å². The molecule has 0 atom stereocenters. The first-order chi connectivity index (χ1) is 9.04. The van der Waals surface area contributed by atoms with Crippen LogP contribution in [0.4, 0.5) is 8.78 Å². The molecule has 0 heterocycles. The number of halogens is 2. The zero-order valence-electron chi connectivity index (χ0n) is 10.6. The number of hydrogen-bond acceptors (Lipinski definition) is 4. The largest absolute Gasteiger partial charge is 0.496 e. The second kappa shape index (κ2) is 6.69. The molecule has 0 saturated carbocycles. The number of hydrogen-bond donors (Lipinski definition) is 0. The molecule has 0 aromatic heterocycles. The normalized spacial score (nSPS) is 10.1. The van der Waals surface area contributed by atoms with Crippen LogP contribution in [0.2, 0.25) is 0 Å². The first-order valence-electron chi connectivity index (χ1n) is 5.58. The van der Waals surface area contributed by atoms with Crippen molar-refractivity contribution in [3.63, 3.8) is 0 Å². The van der Waals surface area contributed by atoms with Crippen molar-refractivity contribution in [2.45, 2.75) is 19.8 Å².